The number of ether oxygens (including phenoxy) is 2. The van der Waals surface area contributed by atoms with Gasteiger partial charge in [0.15, 0.2) is 5.96 Å². The molecule has 138 valence electrons. The summed E-state index contributed by atoms with van der Waals surface area (Å²) in [4.78, 5) is 9.23. The Labute approximate surface area is 150 Å². The Morgan fingerprint density at radius 1 is 1.25 bits per heavy atom. The molecule has 0 amide bonds. The number of nitrogens with zero attached hydrogens (tertiary/aromatic N) is 2. The summed E-state index contributed by atoms with van der Waals surface area (Å²) in [5.41, 5.74) is 1.15. The Morgan fingerprint density at radius 3 is 2.75 bits per heavy atom. The number of hydrogen-bond acceptors (Lipinski definition) is 5. The minimum atomic E-state index is 0.469. The van der Waals surface area contributed by atoms with Gasteiger partial charge in [-0.3, -0.25) is 0 Å². The maximum atomic E-state index is 5.45. The molecule has 24 heavy (non-hydrogen) atoms. The van der Waals surface area contributed by atoms with Crippen LogP contribution in [0.25, 0.3) is 0 Å². The lowest BCUT2D eigenvalue weighted by Crippen LogP contribution is -2.37. The summed E-state index contributed by atoms with van der Waals surface area (Å²) < 4.78 is 10.4. The monoisotopic (exact) mass is 356 g/mol. The first-order valence-electron chi connectivity index (χ1n) is 8.70. The Kier molecular flexibility index (Phi) is 11.4. The van der Waals surface area contributed by atoms with Crippen LogP contribution >= 0.6 is 11.3 Å². The third-order valence-electron chi connectivity index (χ3n) is 3.32. The van der Waals surface area contributed by atoms with Crippen LogP contribution in [-0.2, 0) is 16.0 Å². The highest BCUT2D eigenvalue weighted by Gasteiger charge is 2.05. The predicted octanol–water partition coefficient (Wildman–Crippen LogP) is 2.76. The summed E-state index contributed by atoms with van der Waals surface area (Å²) >= 11 is 1.68. The molecule has 0 fully saturated rings. The Morgan fingerprint density at radius 2 is 2.08 bits per heavy atom. The summed E-state index contributed by atoms with van der Waals surface area (Å²) in [5, 5.41) is 9.81. The lowest BCUT2D eigenvalue weighted by molar-refractivity contribution is 0.0689. The van der Waals surface area contributed by atoms with E-state index in [0.717, 1.165) is 49.2 Å². The molecule has 1 aromatic heterocycles. The normalized spacial score (nSPS) is 12.0. The molecule has 1 heterocycles. The second-order valence-corrected chi connectivity index (χ2v) is 6.70. The largest absolute Gasteiger partial charge is 0.382 e. The number of hydrogen-bond donors (Lipinski definition) is 2. The number of thiazole rings is 1. The number of methoxy groups -OCH3 is 1. The van der Waals surface area contributed by atoms with Gasteiger partial charge < -0.3 is 20.1 Å². The minimum Gasteiger partial charge on any atom is -0.382 e. The number of nitrogens with one attached hydrogen (secondary N) is 2. The molecular weight excluding hydrogens is 324 g/mol. The zero-order valence-corrected chi connectivity index (χ0v) is 16.2. The molecule has 2 N–H and O–H groups in total. The van der Waals surface area contributed by atoms with Gasteiger partial charge in [0.2, 0.25) is 0 Å². The Balaban J connectivity index is 2.26. The van der Waals surface area contributed by atoms with Crippen LogP contribution in [0, 0.1) is 0 Å². The van der Waals surface area contributed by atoms with Crippen molar-refractivity contribution in [3.05, 3.63) is 16.1 Å². The molecule has 0 aliphatic heterocycles. The summed E-state index contributed by atoms with van der Waals surface area (Å²) in [6, 6.07) is 0. The van der Waals surface area contributed by atoms with Gasteiger partial charge in [-0.2, -0.15) is 0 Å². The molecular formula is C17H32N4O2S. The van der Waals surface area contributed by atoms with Crippen molar-refractivity contribution in [3.8, 4) is 0 Å². The second kappa shape index (κ2) is 13.1. The van der Waals surface area contributed by atoms with Crippen LogP contribution < -0.4 is 10.6 Å². The van der Waals surface area contributed by atoms with Crippen molar-refractivity contribution in [1.82, 2.24) is 15.6 Å². The molecule has 0 atom stereocenters. The van der Waals surface area contributed by atoms with Crippen molar-refractivity contribution < 1.29 is 9.47 Å². The first-order valence-corrected chi connectivity index (χ1v) is 9.58. The molecule has 7 heteroatoms. The smallest absolute Gasteiger partial charge is 0.191 e. The molecule has 0 saturated carbocycles. The number of aliphatic imine (C=N–C) groups is 1. The van der Waals surface area contributed by atoms with Crippen LogP contribution in [0.3, 0.4) is 0 Å². The van der Waals surface area contributed by atoms with Gasteiger partial charge in [0.1, 0.15) is 5.01 Å². The van der Waals surface area contributed by atoms with Gasteiger partial charge in [0, 0.05) is 32.2 Å². The van der Waals surface area contributed by atoms with Crippen molar-refractivity contribution >= 4 is 17.3 Å². The molecule has 0 radical (unpaired) electrons. The fourth-order valence-corrected chi connectivity index (χ4v) is 2.81. The molecule has 0 bridgehead atoms. The van der Waals surface area contributed by atoms with Crippen LogP contribution in [0.4, 0.5) is 0 Å². The fraction of sp³-hybridized carbons (Fsp3) is 0.765. The standard InChI is InChI=1S/C17H32N4O2S/c1-5-18-17(19-8-6-7-9-23-11-10-22-4)20-12-16-21-15(13-24-16)14(2)3/h13-14H,5-12H2,1-4H3,(H2,18,19,20). The quantitative estimate of drug-likeness (QED) is 0.342. The van der Waals surface area contributed by atoms with E-state index in [4.69, 9.17) is 9.47 Å². The van der Waals surface area contributed by atoms with E-state index in [9.17, 15) is 0 Å². The third-order valence-corrected chi connectivity index (χ3v) is 4.17. The predicted molar refractivity (Wildman–Crippen MR) is 101 cm³/mol. The summed E-state index contributed by atoms with van der Waals surface area (Å²) in [5.74, 6) is 1.32. The number of rotatable bonds is 12. The Bertz CT molecular complexity index is 463. The second-order valence-electron chi connectivity index (χ2n) is 5.76. The van der Waals surface area contributed by atoms with Crippen LogP contribution in [0.2, 0.25) is 0 Å². The Hall–Kier alpha value is -1.18. The molecule has 0 aromatic carbocycles. The zero-order valence-electron chi connectivity index (χ0n) is 15.4. The molecule has 0 aliphatic rings. The van der Waals surface area contributed by atoms with E-state index in [1.807, 2.05) is 0 Å². The van der Waals surface area contributed by atoms with Gasteiger partial charge >= 0.3 is 0 Å². The van der Waals surface area contributed by atoms with E-state index in [1.165, 1.54) is 0 Å². The van der Waals surface area contributed by atoms with E-state index in [2.05, 4.69) is 46.8 Å². The summed E-state index contributed by atoms with van der Waals surface area (Å²) in [6.07, 6.45) is 2.08. The van der Waals surface area contributed by atoms with E-state index in [-0.39, 0.29) is 0 Å². The summed E-state index contributed by atoms with van der Waals surface area (Å²) in [7, 11) is 1.68. The fourth-order valence-electron chi connectivity index (χ4n) is 1.93. The van der Waals surface area contributed by atoms with E-state index in [1.54, 1.807) is 18.4 Å². The third kappa shape index (κ3) is 9.20. The first-order chi connectivity index (χ1) is 11.7. The maximum absolute atomic E-state index is 5.45. The molecule has 6 nitrogen and oxygen atoms in total. The lowest BCUT2D eigenvalue weighted by Gasteiger charge is -2.11. The maximum Gasteiger partial charge on any atom is 0.191 e. The van der Waals surface area contributed by atoms with Crippen LogP contribution in [0.1, 0.15) is 50.2 Å². The van der Waals surface area contributed by atoms with Crippen LogP contribution in [0.15, 0.2) is 10.4 Å². The number of guanidine groups is 1. The average Bonchev–Trinajstić information content (AvgIpc) is 3.04. The molecule has 0 spiro atoms. The van der Waals surface area contributed by atoms with E-state index >= 15 is 0 Å². The van der Waals surface area contributed by atoms with Gasteiger partial charge in [-0.1, -0.05) is 13.8 Å². The van der Waals surface area contributed by atoms with Gasteiger partial charge in [-0.15, -0.1) is 11.3 Å². The van der Waals surface area contributed by atoms with Crippen molar-refractivity contribution in [3.63, 3.8) is 0 Å². The van der Waals surface area contributed by atoms with Crippen molar-refractivity contribution in [2.75, 3.05) is 40.0 Å². The number of unbranched alkanes of at least 4 members (excludes halogenated alkanes) is 1. The van der Waals surface area contributed by atoms with Crippen molar-refractivity contribution in [1.29, 1.82) is 0 Å². The number of aromatic nitrogens is 1. The first kappa shape index (κ1) is 20.9. The molecule has 0 aliphatic carbocycles. The van der Waals surface area contributed by atoms with Crippen LogP contribution in [0.5, 0.6) is 0 Å². The molecule has 1 rings (SSSR count). The van der Waals surface area contributed by atoms with Gasteiger partial charge in [-0.05, 0) is 25.7 Å². The van der Waals surface area contributed by atoms with Gasteiger partial charge in [-0.25, -0.2) is 9.98 Å². The van der Waals surface area contributed by atoms with Crippen LogP contribution in [-0.4, -0.2) is 51.0 Å². The summed E-state index contributed by atoms with van der Waals surface area (Å²) in [6.45, 7) is 10.8. The SMILES string of the molecule is CCNC(=NCc1nc(C(C)C)cs1)NCCCCOCCOC. The van der Waals surface area contributed by atoms with Crippen molar-refractivity contribution in [2.45, 2.75) is 46.1 Å². The molecule has 0 unspecified atom stereocenters. The highest BCUT2D eigenvalue weighted by molar-refractivity contribution is 7.09. The topological polar surface area (TPSA) is 67.8 Å². The average molecular weight is 357 g/mol. The molecule has 0 saturated heterocycles. The van der Waals surface area contributed by atoms with Gasteiger partial charge in [0.25, 0.3) is 0 Å². The highest BCUT2D eigenvalue weighted by Crippen LogP contribution is 2.18. The van der Waals surface area contributed by atoms with E-state index in [0.29, 0.717) is 25.7 Å². The minimum absolute atomic E-state index is 0.469. The lowest BCUT2D eigenvalue weighted by atomic mass is 10.2. The van der Waals surface area contributed by atoms with E-state index < -0.39 is 0 Å². The highest BCUT2D eigenvalue weighted by atomic mass is 32.1. The van der Waals surface area contributed by atoms with Gasteiger partial charge in [0.05, 0.1) is 25.5 Å². The zero-order chi connectivity index (χ0) is 17.6. The van der Waals surface area contributed by atoms with Crippen molar-refractivity contribution in [2.24, 2.45) is 4.99 Å². The molecule has 1 aromatic rings.